The maximum Gasteiger partial charge on any atom is 0.261 e. The molecule has 0 atom stereocenters. The second kappa shape index (κ2) is 7.56. The highest BCUT2D eigenvalue weighted by molar-refractivity contribution is 6.17. The number of aliphatic imine (C=N–C) groups is 1. The molecule has 0 fully saturated rings. The molecule has 1 aliphatic heterocycles. The van der Waals surface area contributed by atoms with Crippen molar-refractivity contribution in [3.63, 3.8) is 0 Å². The first-order valence-electron chi connectivity index (χ1n) is 9.90. The number of hydrogen-bond acceptors (Lipinski definition) is 4. The highest BCUT2D eigenvalue weighted by Gasteiger charge is 2.24. The van der Waals surface area contributed by atoms with Gasteiger partial charge in [-0.15, -0.1) is 0 Å². The number of halogens is 2. The number of aryl methyl sites for hydroxylation is 1. The number of carbonyl (C=O) groups excluding carboxylic acids is 1. The summed E-state index contributed by atoms with van der Waals surface area (Å²) >= 11 is 0. The van der Waals surface area contributed by atoms with E-state index in [1.807, 2.05) is 30.3 Å². The molecular formula is C24H18F2N4O2. The van der Waals surface area contributed by atoms with Gasteiger partial charge in [-0.25, -0.2) is 8.78 Å². The first kappa shape index (κ1) is 19.9. The Hall–Kier alpha value is -4.07. The van der Waals surface area contributed by atoms with Gasteiger partial charge in [-0.3, -0.25) is 14.5 Å². The normalized spacial score (nSPS) is 12.6. The Balaban J connectivity index is 1.49. The molecule has 5 rings (SSSR count). The van der Waals surface area contributed by atoms with Gasteiger partial charge in [0.05, 0.1) is 36.5 Å². The Morgan fingerprint density at radius 3 is 2.75 bits per heavy atom. The van der Waals surface area contributed by atoms with Crippen LogP contribution in [0.5, 0.6) is 5.75 Å². The van der Waals surface area contributed by atoms with Gasteiger partial charge in [-0.1, -0.05) is 18.2 Å². The van der Waals surface area contributed by atoms with Crippen LogP contribution >= 0.6 is 0 Å². The molecule has 0 radical (unpaired) electrons. The highest BCUT2D eigenvalue weighted by atomic mass is 19.1. The number of para-hydroxylation sites is 1. The number of anilines is 1. The first-order valence-corrected chi connectivity index (χ1v) is 9.90. The summed E-state index contributed by atoms with van der Waals surface area (Å²) < 4.78 is 36.3. The number of rotatable bonds is 4. The molecule has 0 unspecified atom stereocenters. The van der Waals surface area contributed by atoms with Crippen LogP contribution in [0.3, 0.4) is 0 Å². The molecule has 4 aromatic rings. The third kappa shape index (κ3) is 3.11. The van der Waals surface area contributed by atoms with Gasteiger partial charge in [0, 0.05) is 29.9 Å². The molecule has 0 spiro atoms. The van der Waals surface area contributed by atoms with Crippen molar-refractivity contribution in [1.82, 2.24) is 9.78 Å². The van der Waals surface area contributed by atoms with Crippen LogP contribution in [0.15, 0.2) is 59.7 Å². The molecular weight excluding hydrogens is 414 g/mol. The quantitative estimate of drug-likeness (QED) is 0.518. The van der Waals surface area contributed by atoms with Crippen molar-refractivity contribution in [2.45, 2.75) is 6.54 Å². The summed E-state index contributed by atoms with van der Waals surface area (Å²) in [6.07, 6.45) is 1.27. The van der Waals surface area contributed by atoms with Gasteiger partial charge in [0.1, 0.15) is 22.9 Å². The van der Waals surface area contributed by atoms with Gasteiger partial charge in [0.25, 0.3) is 5.91 Å². The number of carbonyl (C=O) groups is 1. The van der Waals surface area contributed by atoms with E-state index in [1.54, 1.807) is 26.3 Å². The molecule has 8 heteroatoms. The van der Waals surface area contributed by atoms with Crippen LogP contribution in [0.4, 0.5) is 14.5 Å². The van der Waals surface area contributed by atoms with Crippen LogP contribution in [0, 0.1) is 11.6 Å². The maximum atomic E-state index is 14.9. The van der Waals surface area contributed by atoms with Crippen LogP contribution < -0.4 is 10.1 Å². The average Bonchev–Trinajstić information content (AvgIpc) is 3.37. The number of nitrogens with one attached hydrogen (secondary N) is 1. The van der Waals surface area contributed by atoms with Crippen LogP contribution in [0.1, 0.15) is 27.0 Å². The Kier molecular flexibility index (Phi) is 4.70. The zero-order valence-corrected chi connectivity index (χ0v) is 17.3. The Morgan fingerprint density at radius 1 is 1.12 bits per heavy atom. The van der Waals surface area contributed by atoms with E-state index in [0.29, 0.717) is 18.0 Å². The van der Waals surface area contributed by atoms with E-state index >= 15 is 0 Å². The third-order valence-corrected chi connectivity index (χ3v) is 5.56. The SMILES string of the molecule is COc1ccccc1C1=NCc2ccc(NC(=O)c3c(F)cc4c(cnn4C)c3F)cc21. The topological polar surface area (TPSA) is 68.5 Å². The van der Waals surface area contributed by atoms with Gasteiger partial charge in [-0.2, -0.15) is 5.10 Å². The number of ether oxygens (including phenoxy) is 1. The van der Waals surface area contributed by atoms with Crippen molar-refractivity contribution in [2.24, 2.45) is 12.0 Å². The van der Waals surface area contributed by atoms with E-state index in [-0.39, 0.29) is 10.9 Å². The molecule has 0 saturated heterocycles. The van der Waals surface area contributed by atoms with E-state index in [9.17, 15) is 13.6 Å². The lowest BCUT2D eigenvalue weighted by molar-refractivity contribution is 0.101. The Labute approximate surface area is 182 Å². The Morgan fingerprint density at radius 2 is 1.94 bits per heavy atom. The van der Waals surface area contributed by atoms with E-state index in [2.05, 4.69) is 15.4 Å². The second-order valence-electron chi connectivity index (χ2n) is 7.44. The summed E-state index contributed by atoms with van der Waals surface area (Å²) in [5.74, 6) is -2.08. The van der Waals surface area contributed by atoms with Gasteiger partial charge in [0.15, 0.2) is 0 Å². The first-order chi connectivity index (χ1) is 15.5. The van der Waals surface area contributed by atoms with Crippen molar-refractivity contribution >= 4 is 28.2 Å². The average molecular weight is 432 g/mol. The number of amides is 1. The molecule has 2 heterocycles. The van der Waals surface area contributed by atoms with E-state index in [4.69, 9.17) is 4.74 Å². The monoisotopic (exact) mass is 432 g/mol. The molecule has 32 heavy (non-hydrogen) atoms. The van der Waals surface area contributed by atoms with Crippen molar-refractivity contribution in [1.29, 1.82) is 0 Å². The lowest BCUT2D eigenvalue weighted by Crippen LogP contribution is -2.16. The zero-order valence-electron chi connectivity index (χ0n) is 17.3. The van der Waals surface area contributed by atoms with Crippen molar-refractivity contribution < 1.29 is 18.3 Å². The minimum absolute atomic E-state index is 0.0820. The van der Waals surface area contributed by atoms with Crippen LogP contribution in [-0.2, 0) is 13.6 Å². The molecule has 0 aliphatic carbocycles. The number of benzene rings is 3. The van der Waals surface area contributed by atoms with Crippen molar-refractivity contribution in [3.8, 4) is 5.75 Å². The van der Waals surface area contributed by atoms with E-state index in [0.717, 1.165) is 28.5 Å². The largest absolute Gasteiger partial charge is 0.496 e. The predicted octanol–water partition coefficient (Wildman–Crippen LogP) is 4.46. The van der Waals surface area contributed by atoms with E-state index < -0.39 is 23.1 Å². The molecule has 3 aromatic carbocycles. The maximum absolute atomic E-state index is 14.9. The number of fused-ring (bicyclic) bond motifs is 2. The minimum Gasteiger partial charge on any atom is -0.496 e. The van der Waals surface area contributed by atoms with Crippen molar-refractivity contribution in [2.75, 3.05) is 12.4 Å². The predicted molar refractivity (Wildman–Crippen MR) is 117 cm³/mol. The number of hydrogen-bond donors (Lipinski definition) is 1. The zero-order chi connectivity index (χ0) is 22.4. The molecule has 1 N–H and O–H groups in total. The number of aromatic nitrogens is 2. The molecule has 0 saturated carbocycles. The molecule has 160 valence electrons. The summed E-state index contributed by atoms with van der Waals surface area (Å²) in [7, 11) is 3.17. The third-order valence-electron chi connectivity index (χ3n) is 5.56. The fourth-order valence-corrected chi connectivity index (χ4v) is 3.95. The van der Waals surface area contributed by atoms with Crippen molar-refractivity contribution in [3.05, 3.63) is 88.6 Å². The molecule has 1 aromatic heterocycles. The molecule has 6 nitrogen and oxygen atoms in total. The number of methoxy groups -OCH3 is 1. The summed E-state index contributed by atoms with van der Waals surface area (Å²) in [5.41, 5.74) is 3.41. The smallest absolute Gasteiger partial charge is 0.261 e. The Bertz CT molecular complexity index is 1430. The van der Waals surface area contributed by atoms with Crippen LogP contribution in [-0.4, -0.2) is 28.5 Å². The van der Waals surface area contributed by atoms with Crippen LogP contribution in [0.2, 0.25) is 0 Å². The highest BCUT2D eigenvalue weighted by Crippen LogP contribution is 2.31. The minimum atomic E-state index is -0.950. The van der Waals surface area contributed by atoms with Gasteiger partial charge in [-0.05, 0) is 29.8 Å². The molecule has 1 aliphatic rings. The summed E-state index contributed by atoms with van der Waals surface area (Å²) in [6.45, 7) is 0.498. The fraction of sp³-hybridized carbons (Fsp3) is 0.125. The summed E-state index contributed by atoms with van der Waals surface area (Å²) in [4.78, 5) is 17.4. The van der Waals surface area contributed by atoms with Crippen LogP contribution in [0.25, 0.3) is 10.9 Å². The van der Waals surface area contributed by atoms with Gasteiger partial charge >= 0.3 is 0 Å². The van der Waals surface area contributed by atoms with Gasteiger partial charge in [0.2, 0.25) is 0 Å². The number of nitrogens with zero attached hydrogens (tertiary/aromatic N) is 3. The van der Waals surface area contributed by atoms with Gasteiger partial charge < -0.3 is 10.1 Å². The van der Waals surface area contributed by atoms with E-state index in [1.165, 1.54) is 10.9 Å². The lowest BCUT2D eigenvalue weighted by atomic mass is 9.98. The molecule has 0 bridgehead atoms. The molecule has 1 amide bonds. The standard InChI is InChI=1S/C24H18F2N4O2/c1-30-19-10-18(25)21(22(26)17(19)12-28-30)24(31)29-14-8-7-13-11-27-23(16(13)9-14)15-5-3-4-6-20(15)32-2/h3-10,12H,11H2,1-2H3,(H,29,31). The lowest BCUT2D eigenvalue weighted by Gasteiger charge is -2.12. The fourth-order valence-electron chi connectivity index (χ4n) is 3.95. The second-order valence-corrected chi connectivity index (χ2v) is 7.44. The summed E-state index contributed by atoms with van der Waals surface area (Å²) in [6, 6.07) is 13.9. The summed E-state index contributed by atoms with van der Waals surface area (Å²) in [5, 5.41) is 6.62.